The predicted octanol–water partition coefficient (Wildman–Crippen LogP) is 3.11. The van der Waals surface area contributed by atoms with Gasteiger partial charge in [-0.2, -0.15) is 0 Å². The summed E-state index contributed by atoms with van der Waals surface area (Å²) in [5, 5.41) is 2.11. The SMILES string of the molecule is CCCC[C@H]1CC1C.Cn1cc(C(=O)NCC#Cc2cc3c(N)nccn3c2[Se]C(F)(F)F)cn1. The van der Waals surface area contributed by atoms with Crippen molar-refractivity contribution in [2.45, 2.75) is 44.6 Å². The molecule has 3 aromatic heterocycles. The van der Waals surface area contributed by atoms with Crippen LogP contribution in [0.5, 0.6) is 0 Å². The monoisotopic (exact) mass is 554 g/mol. The number of halogens is 3. The fraction of sp³-hybridized carbons (Fsp3) is 0.458. The van der Waals surface area contributed by atoms with Crippen molar-refractivity contribution < 1.29 is 18.0 Å². The molecule has 1 amide bonds. The molecule has 3 heterocycles. The van der Waals surface area contributed by atoms with E-state index >= 15 is 0 Å². The number of carbonyl (C=O) groups is 1. The summed E-state index contributed by atoms with van der Waals surface area (Å²) >= 11 is -1.81. The van der Waals surface area contributed by atoms with Gasteiger partial charge in [0.05, 0.1) is 0 Å². The van der Waals surface area contributed by atoms with E-state index in [0.717, 1.165) is 11.8 Å². The van der Waals surface area contributed by atoms with E-state index in [2.05, 4.69) is 41.1 Å². The molecule has 7 nitrogen and oxygen atoms in total. The zero-order valence-electron chi connectivity index (χ0n) is 19.9. The Bertz CT molecular complexity index is 1220. The van der Waals surface area contributed by atoms with E-state index in [1.165, 1.54) is 59.4 Å². The molecule has 1 aliphatic rings. The van der Waals surface area contributed by atoms with Gasteiger partial charge in [-0.3, -0.25) is 0 Å². The molecule has 1 saturated carbocycles. The Hall–Kier alpha value is -2.96. The first-order valence-corrected chi connectivity index (χ1v) is 13.1. The van der Waals surface area contributed by atoms with E-state index in [9.17, 15) is 18.0 Å². The average Bonchev–Trinajstić information content (AvgIpc) is 3.15. The van der Waals surface area contributed by atoms with Crippen LogP contribution < -0.4 is 15.6 Å². The van der Waals surface area contributed by atoms with Gasteiger partial charge in [-0.25, -0.2) is 0 Å². The molecule has 188 valence electrons. The Kier molecular flexibility index (Phi) is 8.87. The molecule has 1 aliphatic carbocycles. The van der Waals surface area contributed by atoms with Gasteiger partial charge in [-0.05, 0) is 18.3 Å². The number of nitrogens with zero attached hydrogens (tertiary/aromatic N) is 4. The van der Waals surface area contributed by atoms with E-state index in [0.29, 0.717) is 11.1 Å². The summed E-state index contributed by atoms with van der Waals surface area (Å²) in [5.41, 5.74) is 6.69. The van der Waals surface area contributed by atoms with Gasteiger partial charge in [0.2, 0.25) is 0 Å². The third-order valence-electron chi connectivity index (χ3n) is 5.63. The van der Waals surface area contributed by atoms with Crippen molar-refractivity contribution >= 4 is 36.8 Å². The molecule has 0 aliphatic heterocycles. The number of anilines is 1. The summed E-state index contributed by atoms with van der Waals surface area (Å²) in [4.78, 5) is 15.8. The third-order valence-corrected chi connectivity index (χ3v) is 7.39. The summed E-state index contributed by atoms with van der Waals surface area (Å²) in [5.74, 6) is 7.31. The summed E-state index contributed by atoms with van der Waals surface area (Å²) in [6, 6.07) is 1.47. The maximum atomic E-state index is 13.0. The van der Waals surface area contributed by atoms with Crippen LogP contribution in [0.2, 0.25) is 0 Å². The fourth-order valence-corrected chi connectivity index (χ4v) is 5.04. The van der Waals surface area contributed by atoms with Crippen LogP contribution in [0.15, 0.2) is 30.9 Å². The summed E-state index contributed by atoms with van der Waals surface area (Å²) in [6.07, 6.45) is 11.6. The van der Waals surface area contributed by atoms with Gasteiger partial charge in [-0.15, -0.1) is 0 Å². The molecular formula is C24H29F3N6OSe. The molecule has 0 saturated heterocycles. The Labute approximate surface area is 208 Å². The molecule has 3 aromatic rings. The molecule has 35 heavy (non-hydrogen) atoms. The number of aromatic nitrogens is 4. The van der Waals surface area contributed by atoms with E-state index < -0.39 is 20.0 Å². The second kappa shape index (κ2) is 11.6. The van der Waals surface area contributed by atoms with Crippen LogP contribution in [0.4, 0.5) is 19.0 Å². The standard InChI is InChI=1S/C16H13F3N6OSe.C8H16/c1-24-9-11(8-23-24)14(26)22-4-2-3-10-7-12-13(20)21-5-6-25(12)15(10)27-16(17,18)19;1-3-4-5-8-6-7(8)2/h5-9H,4H2,1H3,(H2,20,21)(H,22,26);7-8H,3-6H2,1-2H3/t;7?,8-/m.0/s1. The van der Waals surface area contributed by atoms with Crippen LogP contribution in [-0.2, 0) is 7.05 Å². The molecule has 4 rings (SSSR count). The Balaban J connectivity index is 0.000000363. The van der Waals surface area contributed by atoms with Crippen molar-refractivity contribution in [3.05, 3.63) is 42.0 Å². The van der Waals surface area contributed by atoms with Crippen molar-refractivity contribution in [1.82, 2.24) is 24.5 Å². The van der Waals surface area contributed by atoms with Crippen molar-refractivity contribution in [2.24, 2.45) is 18.9 Å². The Morgan fingerprint density at radius 1 is 1.40 bits per heavy atom. The van der Waals surface area contributed by atoms with Gasteiger partial charge in [0.15, 0.2) is 0 Å². The molecular weight excluding hydrogens is 524 g/mol. The van der Waals surface area contributed by atoms with Crippen LogP contribution >= 0.6 is 0 Å². The Morgan fingerprint density at radius 3 is 2.74 bits per heavy atom. The van der Waals surface area contributed by atoms with Crippen LogP contribution in [0.3, 0.4) is 0 Å². The normalized spacial score (nSPS) is 16.7. The number of fused-ring (bicyclic) bond motifs is 1. The molecule has 0 radical (unpaired) electrons. The van der Waals surface area contributed by atoms with E-state index in [1.54, 1.807) is 13.2 Å². The van der Waals surface area contributed by atoms with E-state index in [4.69, 9.17) is 5.73 Å². The molecule has 0 aromatic carbocycles. The van der Waals surface area contributed by atoms with E-state index in [-0.39, 0.29) is 28.4 Å². The van der Waals surface area contributed by atoms with Gasteiger partial charge >= 0.3 is 157 Å². The van der Waals surface area contributed by atoms with Crippen LogP contribution in [-0.4, -0.2) is 51.6 Å². The molecule has 1 fully saturated rings. The number of amides is 1. The topological polar surface area (TPSA) is 90.2 Å². The van der Waals surface area contributed by atoms with Gasteiger partial charge in [-0.1, -0.05) is 33.1 Å². The molecule has 2 atom stereocenters. The predicted molar refractivity (Wildman–Crippen MR) is 130 cm³/mol. The average molecular weight is 553 g/mol. The number of hydrogen-bond acceptors (Lipinski definition) is 4. The van der Waals surface area contributed by atoms with Crippen molar-refractivity contribution in [3.8, 4) is 11.8 Å². The summed E-state index contributed by atoms with van der Waals surface area (Å²) < 4.78 is 41.8. The summed E-state index contributed by atoms with van der Waals surface area (Å²) in [6.45, 7) is 4.61. The molecule has 1 unspecified atom stereocenters. The molecule has 11 heteroatoms. The minimum absolute atomic E-state index is 0.0217. The number of alkyl halides is 3. The zero-order chi connectivity index (χ0) is 25.6. The van der Waals surface area contributed by atoms with Gasteiger partial charge in [0.1, 0.15) is 0 Å². The number of nitrogen functional groups attached to an aromatic ring is 1. The number of unbranched alkanes of at least 4 members (excludes halogenated alkanes) is 1. The zero-order valence-corrected chi connectivity index (χ0v) is 21.6. The number of carbonyl (C=O) groups excluding carboxylic acids is 1. The quantitative estimate of drug-likeness (QED) is 0.363. The summed E-state index contributed by atoms with van der Waals surface area (Å²) in [7, 11) is 1.68. The van der Waals surface area contributed by atoms with Gasteiger partial charge in [0.25, 0.3) is 0 Å². The van der Waals surface area contributed by atoms with Gasteiger partial charge in [0, 0.05) is 0 Å². The van der Waals surface area contributed by atoms with Crippen LogP contribution in [0, 0.1) is 23.7 Å². The van der Waals surface area contributed by atoms with Crippen LogP contribution in [0.25, 0.3) is 5.52 Å². The Morgan fingerprint density at radius 2 is 2.14 bits per heavy atom. The van der Waals surface area contributed by atoms with Crippen molar-refractivity contribution in [2.75, 3.05) is 12.3 Å². The first kappa shape index (κ1) is 26.6. The number of nitrogens with two attached hydrogens (primary N) is 1. The molecule has 3 N–H and O–H groups in total. The van der Waals surface area contributed by atoms with E-state index in [1.807, 2.05) is 0 Å². The third kappa shape index (κ3) is 7.77. The first-order chi connectivity index (χ1) is 16.6. The minimum atomic E-state index is -4.34. The molecule has 0 spiro atoms. The number of aryl methyl sites for hydroxylation is 1. The maximum absolute atomic E-state index is 13.0. The second-order valence-electron chi connectivity index (χ2n) is 8.48. The number of hydrogen-bond donors (Lipinski definition) is 2. The van der Waals surface area contributed by atoms with Gasteiger partial charge < -0.3 is 0 Å². The second-order valence-corrected chi connectivity index (χ2v) is 10.7. The fourth-order valence-electron chi connectivity index (χ4n) is 3.57. The number of nitrogens with one attached hydrogen (secondary N) is 1. The van der Waals surface area contributed by atoms with Crippen LogP contribution in [0.1, 0.15) is 55.5 Å². The first-order valence-electron chi connectivity index (χ1n) is 11.4. The number of rotatable bonds is 6. The van der Waals surface area contributed by atoms with Crippen molar-refractivity contribution in [1.29, 1.82) is 0 Å². The molecule has 0 bridgehead atoms. The van der Waals surface area contributed by atoms with Crippen molar-refractivity contribution in [3.63, 3.8) is 0 Å².